The summed E-state index contributed by atoms with van der Waals surface area (Å²) in [5.41, 5.74) is 0. The minimum Gasteiger partial charge on any atom is -0.298 e. The molecule has 0 aromatic rings. The van der Waals surface area contributed by atoms with Crippen molar-refractivity contribution in [1.82, 2.24) is 9.21 Å². The van der Waals surface area contributed by atoms with E-state index in [-0.39, 0.29) is 12.1 Å². The van der Waals surface area contributed by atoms with Crippen LogP contribution in [-0.2, 0) is 9.24 Å². The Balaban J connectivity index is 2.75. The predicted molar refractivity (Wildman–Crippen MR) is 53.0 cm³/mol. The Bertz CT molecular complexity index is 268. The van der Waals surface area contributed by atoms with Gasteiger partial charge in [0.25, 0.3) is 9.24 Å². The lowest BCUT2D eigenvalue weighted by Gasteiger charge is -2.40. The molecule has 0 amide bonds. The second-order valence-corrected chi connectivity index (χ2v) is 6.13. The van der Waals surface area contributed by atoms with E-state index in [9.17, 15) is 8.42 Å². The summed E-state index contributed by atoms with van der Waals surface area (Å²) in [6, 6.07) is 0.439. The van der Waals surface area contributed by atoms with E-state index in [1.807, 2.05) is 20.9 Å². The maximum atomic E-state index is 11.1. The summed E-state index contributed by atoms with van der Waals surface area (Å²) in [6.45, 7) is 4.94. The molecule has 1 unspecified atom stereocenters. The Labute approximate surface area is 84.0 Å². The molecule has 0 N–H and O–H groups in total. The molecule has 1 aliphatic heterocycles. The Morgan fingerprint density at radius 2 is 1.62 bits per heavy atom. The first-order valence-corrected chi connectivity index (χ1v) is 6.50. The standard InChI is InChI=1S/C7H15ClN2O2S/c1-6-4-10(13(8,11)12)5-7(2)9(6)3/h6-7H,4-5H2,1-3H3/t6-,7?/m1/s1. The predicted octanol–water partition coefficient (Wildman–Crippen LogP) is 0.494. The van der Waals surface area contributed by atoms with Crippen molar-refractivity contribution in [3.8, 4) is 0 Å². The van der Waals surface area contributed by atoms with Crippen LogP contribution in [0.15, 0.2) is 0 Å². The van der Waals surface area contributed by atoms with E-state index in [4.69, 9.17) is 10.7 Å². The molecule has 78 valence electrons. The van der Waals surface area contributed by atoms with Crippen LogP contribution in [0.3, 0.4) is 0 Å². The lowest BCUT2D eigenvalue weighted by Crippen LogP contribution is -2.55. The van der Waals surface area contributed by atoms with Crippen molar-refractivity contribution in [2.24, 2.45) is 0 Å². The van der Waals surface area contributed by atoms with E-state index < -0.39 is 9.24 Å². The third-order valence-electron chi connectivity index (χ3n) is 2.63. The number of hydrogen-bond donors (Lipinski definition) is 0. The van der Waals surface area contributed by atoms with Gasteiger partial charge < -0.3 is 0 Å². The summed E-state index contributed by atoms with van der Waals surface area (Å²) in [4.78, 5) is 2.15. The van der Waals surface area contributed by atoms with E-state index in [1.165, 1.54) is 4.31 Å². The van der Waals surface area contributed by atoms with Gasteiger partial charge >= 0.3 is 0 Å². The molecule has 1 rings (SSSR count). The van der Waals surface area contributed by atoms with Gasteiger partial charge in [0, 0.05) is 35.9 Å². The smallest absolute Gasteiger partial charge is 0.298 e. The lowest BCUT2D eigenvalue weighted by atomic mass is 10.1. The van der Waals surface area contributed by atoms with Crippen LogP contribution in [0.2, 0.25) is 0 Å². The highest BCUT2D eigenvalue weighted by molar-refractivity contribution is 8.11. The Morgan fingerprint density at radius 1 is 1.23 bits per heavy atom. The zero-order valence-electron chi connectivity index (χ0n) is 8.07. The summed E-state index contributed by atoms with van der Waals surface area (Å²) in [6.07, 6.45) is 0. The third kappa shape index (κ3) is 2.56. The van der Waals surface area contributed by atoms with Crippen molar-refractivity contribution >= 4 is 19.9 Å². The summed E-state index contributed by atoms with van der Waals surface area (Å²) < 4.78 is 23.4. The van der Waals surface area contributed by atoms with Crippen LogP contribution >= 0.6 is 10.7 Å². The monoisotopic (exact) mass is 226 g/mol. The van der Waals surface area contributed by atoms with Gasteiger partial charge in [-0.2, -0.15) is 12.7 Å². The van der Waals surface area contributed by atoms with Crippen molar-refractivity contribution in [1.29, 1.82) is 0 Å². The van der Waals surface area contributed by atoms with Crippen molar-refractivity contribution in [3.63, 3.8) is 0 Å². The van der Waals surface area contributed by atoms with E-state index in [0.29, 0.717) is 13.1 Å². The normalized spacial score (nSPS) is 33.5. The minimum atomic E-state index is -3.54. The van der Waals surface area contributed by atoms with Gasteiger partial charge in [0.15, 0.2) is 0 Å². The van der Waals surface area contributed by atoms with Crippen LogP contribution in [0.1, 0.15) is 13.8 Å². The maximum Gasteiger partial charge on any atom is 0.299 e. The Morgan fingerprint density at radius 3 is 1.92 bits per heavy atom. The fraction of sp³-hybridized carbons (Fsp3) is 1.00. The molecule has 0 bridgehead atoms. The van der Waals surface area contributed by atoms with Crippen LogP contribution in [0.4, 0.5) is 0 Å². The molecule has 1 aliphatic rings. The average Bonchev–Trinajstić information content (AvgIpc) is 1.97. The number of rotatable bonds is 1. The van der Waals surface area contributed by atoms with Gasteiger partial charge in [-0.25, -0.2) is 0 Å². The summed E-state index contributed by atoms with van der Waals surface area (Å²) in [5.74, 6) is 0. The molecular formula is C7H15ClN2O2S. The Hall–Kier alpha value is 0.160. The highest BCUT2D eigenvalue weighted by atomic mass is 35.7. The highest BCUT2D eigenvalue weighted by Gasteiger charge is 2.32. The molecule has 0 spiro atoms. The van der Waals surface area contributed by atoms with E-state index in [2.05, 4.69) is 4.90 Å². The van der Waals surface area contributed by atoms with Gasteiger partial charge in [0.05, 0.1) is 0 Å². The topological polar surface area (TPSA) is 40.6 Å². The van der Waals surface area contributed by atoms with Crippen molar-refractivity contribution < 1.29 is 8.42 Å². The van der Waals surface area contributed by atoms with Gasteiger partial charge in [-0.3, -0.25) is 4.90 Å². The number of hydrogen-bond acceptors (Lipinski definition) is 3. The number of piperazine rings is 1. The molecule has 4 nitrogen and oxygen atoms in total. The first-order chi connectivity index (χ1) is 5.82. The van der Waals surface area contributed by atoms with Crippen LogP contribution in [0.5, 0.6) is 0 Å². The number of likely N-dealkylation sites (N-methyl/N-ethyl adjacent to an activating group) is 1. The van der Waals surface area contributed by atoms with E-state index in [0.717, 1.165) is 0 Å². The fourth-order valence-electron chi connectivity index (χ4n) is 1.53. The van der Waals surface area contributed by atoms with Crippen LogP contribution in [0.25, 0.3) is 0 Å². The summed E-state index contributed by atoms with van der Waals surface area (Å²) in [5, 5.41) is 0. The second kappa shape index (κ2) is 3.73. The molecule has 0 radical (unpaired) electrons. The molecule has 2 atom stereocenters. The van der Waals surface area contributed by atoms with Crippen LogP contribution < -0.4 is 0 Å². The molecule has 1 saturated heterocycles. The van der Waals surface area contributed by atoms with Crippen molar-refractivity contribution in [3.05, 3.63) is 0 Å². The number of nitrogens with zero attached hydrogens (tertiary/aromatic N) is 2. The first kappa shape index (κ1) is 11.2. The highest BCUT2D eigenvalue weighted by Crippen LogP contribution is 2.18. The Kier molecular flexibility index (Phi) is 3.22. The summed E-state index contributed by atoms with van der Waals surface area (Å²) in [7, 11) is 3.73. The molecule has 0 aromatic heterocycles. The molecule has 0 aromatic carbocycles. The van der Waals surface area contributed by atoms with Gasteiger partial charge in [0.1, 0.15) is 0 Å². The SMILES string of the molecule is CC1CN(S(=O)(=O)Cl)C[C@@H](C)N1C. The minimum absolute atomic E-state index is 0.220. The van der Waals surface area contributed by atoms with Gasteiger partial charge in [-0.1, -0.05) is 0 Å². The largest absolute Gasteiger partial charge is 0.299 e. The molecule has 0 saturated carbocycles. The molecule has 6 heteroatoms. The van der Waals surface area contributed by atoms with Gasteiger partial charge in [-0.15, -0.1) is 0 Å². The van der Waals surface area contributed by atoms with Crippen molar-refractivity contribution in [2.75, 3.05) is 20.1 Å². The average molecular weight is 227 g/mol. The quantitative estimate of drug-likeness (QED) is 0.612. The molecule has 1 fully saturated rings. The molecule has 0 aliphatic carbocycles. The van der Waals surface area contributed by atoms with E-state index >= 15 is 0 Å². The number of halogens is 1. The second-order valence-electron chi connectivity index (χ2n) is 3.62. The zero-order chi connectivity index (χ0) is 10.2. The van der Waals surface area contributed by atoms with Gasteiger partial charge in [-0.05, 0) is 20.9 Å². The molecule has 13 heavy (non-hydrogen) atoms. The van der Waals surface area contributed by atoms with Crippen LogP contribution in [-0.4, -0.2) is 49.8 Å². The molecule has 1 heterocycles. The van der Waals surface area contributed by atoms with Crippen molar-refractivity contribution in [2.45, 2.75) is 25.9 Å². The third-order valence-corrected chi connectivity index (χ3v) is 4.14. The van der Waals surface area contributed by atoms with Gasteiger partial charge in [0.2, 0.25) is 0 Å². The first-order valence-electron chi connectivity index (χ1n) is 4.24. The maximum absolute atomic E-state index is 11.1. The lowest BCUT2D eigenvalue weighted by molar-refractivity contribution is 0.106. The summed E-state index contributed by atoms with van der Waals surface area (Å²) >= 11 is 0. The zero-order valence-corrected chi connectivity index (χ0v) is 9.64. The van der Waals surface area contributed by atoms with Crippen LogP contribution in [0, 0.1) is 0 Å². The fourth-order valence-corrected chi connectivity index (χ4v) is 2.66. The van der Waals surface area contributed by atoms with E-state index in [1.54, 1.807) is 0 Å². The molecular weight excluding hydrogens is 212 g/mol.